The first kappa shape index (κ1) is 9.78. The summed E-state index contributed by atoms with van der Waals surface area (Å²) in [4.78, 5) is 2.16. The Labute approximate surface area is 80.3 Å². The molecule has 0 heterocycles. The SMILES string of the molecule is CNC(=S)N(C)C(C)C1(C)CC1. The minimum Gasteiger partial charge on any atom is -0.366 e. The van der Waals surface area contributed by atoms with Crippen molar-refractivity contribution in [1.82, 2.24) is 10.2 Å². The van der Waals surface area contributed by atoms with Crippen LogP contribution in [0.4, 0.5) is 0 Å². The van der Waals surface area contributed by atoms with E-state index in [1.165, 1.54) is 12.8 Å². The van der Waals surface area contributed by atoms with E-state index >= 15 is 0 Å². The van der Waals surface area contributed by atoms with Crippen molar-refractivity contribution in [3.8, 4) is 0 Å². The van der Waals surface area contributed by atoms with Crippen LogP contribution in [0.2, 0.25) is 0 Å². The standard InChI is InChI=1S/C9H18N2S/c1-7(9(2)5-6-9)11(4)8(12)10-3/h7H,5-6H2,1-4H3,(H,10,12). The van der Waals surface area contributed by atoms with Crippen LogP contribution in [-0.4, -0.2) is 30.1 Å². The smallest absolute Gasteiger partial charge is 0.168 e. The van der Waals surface area contributed by atoms with Gasteiger partial charge >= 0.3 is 0 Å². The van der Waals surface area contributed by atoms with E-state index in [9.17, 15) is 0 Å². The van der Waals surface area contributed by atoms with Crippen LogP contribution in [0.3, 0.4) is 0 Å². The van der Waals surface area contributed by atoms with Gasteiger partial charge in [-0.15, -0.1) is 0 Å². The highest BCUT2D eigenvalue weighted by molar-refractivity contribution is 7.80. The molecule has 0 aromatic rings. The van der Waals surface area contributed by atoms with Crippen molar-refractivity contribution in [3.63, 3.8) is 0 Å². The Bertz CT molecular complexity index is 187. The number of rotatable bonds is 2. The Hall–Kier alpha value is -0.310. The van der Waals surface area contributed by atoms with E-state index in [1.807, 2.05) is 7.05 Å². The Morgan fingerprint density at radius 3 is 2.42 bits per heavy atom. The molecule has 2 nitrogen and oxygen atoms in total. The Kier molecular flexibility index (Phi) is 2.61. The number of hydrogen-bond donors (Lipinski definition) is 1. The lowest BCUT2D eigenvalue weighted by Gasteiger charge is -2.31. The van der Waals surface area contributed by atoms with E-state index in [0.29, 0.717) is 11.5 Å². The van der Waals surface area contributed by atoms with Crippen molar-refractivity contribution in [3.05, 3.63) is 0 Å². The molecule has 0 radical (unpaired) electrons. The summed E-state index contributed by atoms with van der Waals surface area (Å²) in [5.74, 6) is 0. The molecule has 1 fully saturated rings. The van der Waals surface area contributed by atoms with Gasteiger partial charge in [-0.25, -0.2) is 0 Å². The summed E-state index contributed by atoms with van der Waals surface area (Å²) in [5.41, 5.74) is 0.510. The molecule has 3 heteroatoms. The molecule has 1 aliphatic rings. The van der Waals surface area contributed by atoms with Crippen molar-refractivity contribution in [2.24, 2.45) is 5.41 Å². The third kappa shape index (κ3) is 1.71. The lowest BCUT2D eigenvalue weighted by atomic mass is 10.00. The summed E-state index contributed by atoms with van der Waals surface area (Å²) in [5, 5.41) is 3.85. The summed E-state index contributed by atoms with van der Waals surface area (Å²) < 4.78 is 0. The van der Waals surface area contributed by atoms with Crippen LogP contribution < -0.4 is 5.32 Å². The van der Waals surface area contributed by atoms with Gasteiger partial charge in [0.05, 0.1) is 0 Å². The van der Waals surface area contributed by atoms with Crippen LogP contribution in [-0.2, 0) is 0 Å². The van der Waals surface area contributed by atoms with Crippen LogP contribution >= 0.6 is 12.2 Å². The van der Waals surface area contributed by atoms with Crippen LogP contribution in [0.15, 0.2) is 0 Å². The lowest BCUT2D eigenvalue weighted by molar-refractivity contribution is 0.274. The fraction of sp³-hybridized carbons (Fsp3) is 0.889. The molecule has 1 saturated carbocycles. The maximum Gasteiger partial charge on any atom is 0.168 e. The summed E-state index contributed by atoms with van der Waals surface area (Å²) in [6.07, 6.45) is 2.68. The largest absolute Gasteiger partial charge is 0.366 e. The second-order valence-corrected chi connectivity index (χ2v) is 4.38. The maximum absolute atomic E-state index is 5.17. The molecule has 0 amide bonds. The van der Waals surface area contributed by atoms with E-state index in [1.54, 1.807) is 0 Å². The van der Waals surface area contributed by atoms with Crippen LogP contribution in [0, 0.1) is 5.41 Å². The quantitative estimate of drug-likeness (QED) is 0.660. The molecular formula is C9H18N2S. The highest BCUT2D eigenvalue weighted by Gasteiger charge is 2.44. The maximum atomic E-state index is 5.17. The second kappa shape index (κ2) is 3.21. The van der Waals surface area contributed by atoms with Gasteiger partial charge in [-0.05, 0) is 37.4 Å². The van der Waals surface area contributed by atoms with Gasteiger partial charge in [-0.1, -0.05) is 6.92 Å². The molecule has 0 aliphatic heterocycles. The van der Waals surface area contributed by atoms with E-state index in [-0.39, 0.29) is 0 Å². The van der Waals surface area contributed by atoms with Crippen LogP contribution in [0.5, 0.6) is 0 Å². The summed E-state index contributed by atoms with van der Waals surface area (Å²) in [6.45, 7) is 4.57. The highest BCUT2D eigenvalue weighted by atomic mass is 32.1. The van der Waals surface area contributed by atoms with Gasteiger partial charge in [0.1, 0.15) is 0 Å². The zero-order chi connectivity index (χ0) is 9.35. The van der Waals surface area contributed by atoms with Gasteiger partial charge in [0.25, 0.3) is 0 Å². The molecular weight excluding hydrogens is 168 g/mol. The fourth-order valence-electron chi connectivity index (χ4n) is 1.43. The normalized spacial score (nSPS) is 21.3. The molecule has 1 rings (SSSR count). The van der Waals surface area contributed by atoms with E-state index in [2.05, 4.69) is 31.1 Å². The molecule has 1 N–H and O–H groups in total. The predicted octanol–water partition coefficient (Wildman–Crippen LogP) is 1.61. The first-order valence-corrected chi connectivity index (χ1v) is 4.86. The number of thiocarbonyl (C=S) groups is 1. The van der Waals surface area contributed by atoms with Gasteiger partial charge in [-0.3, -0.25) is 0 Å². The molecule has 1 atom stereocenters. The highest BCUT2D eigenvalue weighted by Crippen LogP contribution is 2.49. The molecule has 0 spiro atoms. The van der Waals surface area contributed by atoms with Crippen molar-refractivity contribution < 1.29 is 0 Å². The predicted molar refractivity (Wildman–Crippen MR) is 56.2 cm³/mol. The van der Waals surface area contributed by atoms with Gasteiger partial charge in [-0.2, -0.15) is 0 Å². The third-order valence-electron chi connectivity index (χ3n) is 3.16. The molecule has 0 saturated heterocycles. The van der Waals surface area contributed by atoms with Gasteiger partial charge in [0.2, 0.25) is 0 Å². The summed E-state index contributed by atoms with van der Waals surface area (Å²) in [7, 11) is 3.94. The van der Waals surface area contributed by atoms with Crippen molar-refractivity contribution in [2.45, 2.75) is 32.7 Å². The topological polar surface area (TPSA) is 15.3 Å². The Morgan fingerprint density at radius 1 is 1.58 bits per heavy atom. The number of nitrogens with one attached hydrogen (secondary N) is 1. The van der Waals surface area contributed by atoms with E-state index in [4.69, 9.17) is 12.2 Å². The molecule has 1 unspecified atom stereocenters. The van der Waals surface area contributed by atoms with Crippen LogP contribution in [0.25, 0.3) is 0 Å². The molecule has 70 valence electrons. The Morgan fingerprint density at radius 2 is 2.08 bits per heavy atom. The van der Waals surface area contributed by atoms with E-state index < -0.39 is 0 Å². The second-order valence-electron chi connectivity index (χ2n) is 4.00. The zero-order valence-electron chi connectivity index (χ0n) is 8.35. The summed E-state index contributed by atoms with van der Waals surface area (Å²) >= 11 is 5.17. The monoisotopic (exact) mass is 186 g/mol. The molecule has 1 aliphatic carbocycles. The summed E-state index contributed by atoms with van der Waals surface area (Å²) in [6, 6.07) is 0.553. The minimum atomic E-state index is 0.510. The fourth-order valence-corrected chi connectivity index (χ4v) is 1.59. The molecule has 0 aromatic heterocycles. The van der Waals surface area contributed by atoms with Gasteiger partial charge < -0.3 is 10.2 Å². The first-order valence-electron chi connectivity index (χ1n) is 4.46. The van der Waals surface area contributed by atoms with Crippen molar-refractivity contribution in [1.29, 1.82) is 0 Å². The Balaban J connectivity index is 2.51. The first-order chi connectivity index (χ1) is 5.51. The van der Waals surface area contributed by atoms with Crippen LogP contribution in [0.1, 0.15) is 26.7 Å². The number of nitrogens with zero attached hydrogens (tertiary/aromatic N) is 1. The third-order valence-corrected chi connectivity index (χ3v) is 3.65. The van der Waals surface area contributed by atoms with E-state index in [0.717, 1.165) is 5.11 Å². The average molecular weight is 186 g/mol. The van der Waals surface area contributed by atoms with Gasteiger partial charge in [0.15, 0.2) is 5.11 Å². The molecule has 0 aromatic carbocycles. The van der Waals surface area contributed by atoms with Crippen molar-refractivity contribution in [2.75, 3.05) is 14.1 Å². The molecule has 12 heavy (non-hydrogen) atoms. The van der Waals surface area contributed by atoms with Gasteiger partial charge in [0, 0.05) is 20.1 Å². The number of hydrogen-bond acceptors (Lipinski definition) is 1. The lowest BCUT2D eigenvalue weighted by Crippen LogP contribution is -2.44. The van der Waals surface area contributed by atoms with Crippen molar-refractivity contribution >= 4 is 17.3 Å². The minimum absolute atomic E-state index is 0.510. The average Bonchev–Trinajstić information content (AvgIpc) is 2.81. The molecule has 0 bridgehead atoms. The zero-order valence-corrected chi connectivity index (χ0v) is 9.16.